The number of ether oxygens (including phenoxy) is 1. The Kier molecular flexibility index (Phi) is 7.71. The van der Waals surface area contributed by atoms with Gasteiger partial charge in [0.1, 0.15) is 11.6 Å². The van der Waals surface area contributed by atoms with Crippen molar-refractivity contribution in [1.82, 2.24) is 9.37 Å². The third-order valence-electron chi connectivity index (χ3n) is 5.18. The molecule has 1 aliphatic rings. The van der Waals surface area contributed by atoms with Crippen molar-refractivity contribution in [2.75, 3.05) is 18.8 Å². The van der Waals surface area contributed by atoms with Crippen LogP contribution in [0.1, 0.15) is 30.0 Å². The maximum absolute atomic E-state index is 13.3. The number of halogens is 2. The fourth-order valence-electron chi connectivity index (χ4n) is 3.56. The number of amides is 1. The quantitative estimate of drug-likeness (QED) is 0.358. The van der Waals surface area contributed by atoms with Crippen molar-refractivity contribution >= 4 is 16.4 Å². The molecule has 31 heavy (non-hydrogen) atoms. The van der Waals surface area contributed by atoms with Crippen molar-refractivity contribution < 1.29 is 31.9 Å². The SMILES string of the molecule is O=CN(O)C(CS(=O)(=O)N1CCC(OCc2cc(F)cc(F)c2)CC1)c1ccccc1. The minimum atomic E-state index is -3.77. The Balaban J connectivity index is 1.57. The molecule has 3 rings (SSSR count). The summed E-state index contributed by atoms with van der Waals surface area (Å²) >= 11 is 0. The summed E-state index contributed by atoms with van der Waals surface area (Å²) in [5.74, 6) is -1.82. The normalized spacial score (nSPS) is 16.7. The molecule has 1 fully saturated rings. The number of benzene rings is 2. The molecule has 0 aromatic heterocycles. The zero-order valence-corrected chi connectivity index (χ0v) is 17.5. The zero-order valence-electron chi connectivity index (χ0n) is 16.7. The predicted molar refractivity (Wildman–Crippen MR) is 108 cm³/mol. The van der Waals surface area contributed by atoms with Gasteiger partial charge in [0.2, 0.25) is 16.4 Å². The Morgan fingerprint density at radius 3 is 2.32 bits per heavy atom. The van der Waals surface area contributed by atoms with Gasteiger partial charge in [0.25, 0.3) is 0 Å². The molecule has 1 atom stereocenters. The second kappa shape index (κ2) is 10.3. The van der Waals surface area contributed by atoms with E-state index < -0.39 is 33.5 Å². The molecule has 1 aliphatic heterocycles. The Morgan fingerprint density at radius 1 is 1.13 bits per heavy atom. The van der Waals surface area contributed by atoms with Crippen molar-refractivity contribution in [3.8, 4) is 0 Å². The predicted octanol–water partition coefficient (Wildman–Crippen LogP) is 2.86. The van der Waals surface area contributed by atoms with Crippen LogP contribution < -0.4 is 0 Å². The first-order valence-electron chi connectivity index (χ1n) is 9.80. The first-order valence-corrected chi connectivity index (χ1v) is 11.4. The highest BCUT2D eigenvalue weighted by Gasteiger charge is 2.33. The maximum atomic E-state index is 13.3. The summed E-state index contributed by atoms with van der Waals surface area (Å²) in [5.41, 5.74) is 0.872. The molecule has 2 aromatic rings. The van der Waals surface area contributed by atoms with Crippen LogP contribution in [0.4, 0.5) is 8.78 Å². The van der Waals surface area contributed by atoms with Crippen molar-refractivity contribution in [2.24, 2.45) is 0 Å². The lowest BCUT2D eigenvalue weighted by atomic mass is 10.1. The van der Waals surface area contributed by atoms with Gasteiger partial charge in [-0.15, -0.1) is 0 Å². The van der Waals surface area contributed by atoms with Gasteiger partial charge < -0.3 is 4.74 Å². The molecule has 0 saturated carbocycles. The highest BCUT2D eigenvalue weighted by atomic mass is 32.2. The van der Waals surface area contributed by atoms with E-state index >= 15 is 0 Å². The number of hydrogen-bond donors (Lipinski definition) is 1. The van der Waals surface area contributed by atoms with Gasteiger partial charge in [-0.1, -0.05) is 30.3 Å². The van der Waals surface area contributed by atoms with E-state index in [0.29, 0.717) is 29.0 Å². The molecule has 7 nitrogen and oxygen atoms in total. The number of rotatable bonds is 9. The number of hydroxylamine groups is 2. The molecule has 1 heterocycles. The molecule has 0 spiro atoms. The summed E-state index contributed by atoms with van der Waals surface area (Å²) in [6, 6.07) is 10.6. The van der Waals surface area contributed by atoms with E-state index in [1.165, 1.54) is 16.4 Å². The first-order chi connectivity index (χ1) is 14.8. The monoisotopic (exact) mass is 454 g/mol. The van der Waals surface area contributed by atoms with Crippen LogP contribution in [0.15, 0.2) is 48.5 Å². The molecule has 0 radical (unpaired) electrons. The van der Waals surface area contributed by atoms with E-state index in [1.54, 1.807) is 30.3 Å². The van der Waals surface area contributed by atoms with E-state index in [2.05, 4.69) is 0 Å². The molecule has 1 unspecified atom stereocenters. The van der Waals surface area contributed by atoms with Crippen molar-refractivity contribution in [2.45, 2.75) is 31.6 Å². The Morgan fingerprint density at radius 2 is 1.74 bits per heavy atom. The molecule has 1 saturated heterocycles. The van der Waals surface area contributed by atoms with Crippen LogP contribution in [0, 0.1) is 11.6 Å². The first kappa shape index (κ1) is 23.3. The van der Waals surface area contributed by atoms with Gasteiger partial charge in [-0.2, -0.15) is 0 Å². The van der Waals surface area contributed by atoms with Gasteiger partial charge >= 0.3 is 0 Å². The van der Waals surface area contributed by atoms with Gasteiger partial charge in [-0.3, -0.25) is 10.0 Å². The van der Waals surface area contributed by atoms with E-state index in [4.69, 9.17) is 4.74 Å². The Hall–Kier alpha value is -2.40. The maximum Gasteiger partial charge on any atom is 0.233 e. The summed E-state index contributed by atoms with van der Waals surface area (Å²) in [7, 11) is -3.77. The zero-order chi connectivity index (χ0) is 22.4. The van der Waals surface area contributed by atoms with Crippen molar-refractivity contribution in [1.29, 1.82) is 0 Å². The van der Waals surface area contributed by atoms with Crippen LogP contribution >= 0.6 is 0 Å². The smallest absolute Gasteiger partial charge is 0.233 e. The lowest BCUT2D eigenvalue weighted by Crippen LogP contribution is -2.44. The Labute approximate surface area is 179 Å². The molecule has 0 aliphatic carbocycles. The minimum Gasteiger partial charge on any atom is -0.373 e. The topological polar surface area (TPSA) is 87.2 Å². The Bertz CT molecular complexity index is 962. The average Bonchev–Trinajstić information content (AvgIpc) is 2.76. The molecular weight excluding hydrogens is 430 g/mol. The number of piperidine rings is 1. The van der Waals surface area contributed by atoms with Crippen LogP contribution in [-0.2, 0) is 26.2 Å². The van der Waals surface area contributed by atoms with E-state index in [0.717, 1.165) is 6.07 Å². The average molecular weight is 454 g/mol. The number of sulfonamides is 1. The highest BCUT2D eigenvalue weighted by Crippen LogP contribution is 2.24. The number of carbonyl (C=O) groups is 1. The summed E-state index contributed by atoms with van der Waals surface area (Å²) in [5, 5.41) is 10.3. The summed E-state index contributed by atoms with van der Waals surface area (Å²) < 4.78 is 59.3. The van der Waals surface area contributed by atoms with Crippen LogP contribution in [-0.4, -0.2) is 54.3 Å². The summed E-state index contributed by atoms with van der Waals surface area (Å²) in [4.78, 5) is 11.1. The lowest BCUT2D eigenvalue weighted by Gasteiger charge is -2.33. The molecule has 168 valence electrons. The molecule has 1 amide bonds. The van der Waals surface area contributed by atoms with Crippen LogP contribution in [0.25, 0.3) is 0 Å². The van der Waals surface area contributed by atoms with Crippen LogP contribution in [0.5, 0.6) is 0 Å². The number of nitrogens with zero attached hydrogens (tertiary/aromatic N) is 2. The third kappa shape index (κ3) is 6.30. The standard InChI is InChI=1S/C21H24F2N2O5S/c22-18-10-16(11-19(23)12-18)13-30-20-6-8-24(9-7-20)31(28,29)14-21(25(27)15-26)17-4-2-1-3-5-17/h1-5,10-12,15,20-21,27H,6-9,13-14H2. The fraction of sp³-hybridized carbons (Fsp3) is 0.381. The largest absolute Gasteiger partial charge is 0.373 e. The molecule has 10 heteroatoms. The van der Waals surface area contributed by atoms with Gasteiger partial charge in [-0.25, -0.2) is 26.6 Å². The highest BCUT2D eigenvalue weighted by molar-refractivity contribution is 7.89. The van der Waals surface area contributed by atoms with E-state index in [-0.39, 0.29) is 32.2 Å². The summed E-state index contributed by atoms with van der Waals surface area (Å²) in [6.45, 7) is 0.443. The van der Waals surface area contributed by atoms with Gasteiger partial charge in [0.15, 0.2) is 0 Å². The summed E-state index contributed by atoms with van der Waals surface area (Å²) in [6.07, 6.45) is 0.780. The second-order valence-corrected chi connectivity index (χ2v) is 9.39. The van der Waals surface area contributed by atoms with E-state index in [1.807, 2.05) is 0 Å². The number of carbonyl (C=O) groups excluding carboxylic acids is 1. The van der Waals surface area contributed by atoms with Crippen molar-refractivity contribution in [3.05, 3.63) is 71.3 Å². The van der Waals surface area contributed by atoms with E-state index in [9.17, 15) is 27.2 Å². The van der Waals surface area contributed by atoms with Crippen molar-refractivity contribution in [3.63, 3.8) is 0 Å². The molecule has 1 N–H and O–H groups in total. The van der Waals surface area contributed by atoms with Crippen LogP contribution in [0.3, 0.4) is 0 Å². The molecular formula is C21H24F2N2O5S. The minimum absolute atomic E-state index is 0.0288. The van der Waals surface area contributed by atoms with Gasteiger partial charge in [0, 0.05) is 19.2 Å². The lowest BCUT2D eigenvalue weighted by molar-refractivity contribution is -0.159. The molecule has 2 aromatic carbocycles. The molecule has 0 bridgehead atoms. The van der Waals surface area contributed by atoms with Gasteiger partial charge in [0.05, 0.1) is 24.5 Å². The van der Waals surface area contributed by atoms with Crippen LogP contribution in [0.2, 0.25) is 0 Å². The third-order valence-corrected chi connectivity index (χ3v) is 7.07. The fourth-order valence-corrected chi connectivity index (χ4v) is 5.29. The number of hydrogen-bond acceptors (Lipinski definition) is 5. The second-order valence-electron chi connectivity index (χ2n) is 7.38. The van der Waals surface area contributed by atoms with Gasteiger partial charge in [-0.05, 0) is 36.1 Å².